The zero-order valence-electron chi connectivity index (χ0n) is 8.21. The van der Waals surface area contributed by atoms with E-state index in [-0.39, 0.29) is 6.61 Å². The molecule has 0 fully saturated rings. The van der Waals surface area contributed by atoms with Gasteiger partial charge < -0.3 is 15.6 Å². The Hall–Kier alpha value is -1.13. The maximum absolute atomic E-state index is 9.15. The van der Waals surface area contributed by atoms with Gasteiger partial charge in [-0.2, -0.15) is 0 Å². The summed E-state index contributed by atoms with van der Waals surface area (Å²) in [6, 6.07) is 0. The molecule has 4 nitrogen and oxygen atoms in total. The van der Waals surface area contributed by atoms with Crippen molar-refractivity contribution in [2.75, 3.05) is 5.73 Å². The van der Waals surface area contributed by atoms with E-state index in [1.165, 1.54) is 0 Å². The molecule has 0 atom stereocenters. The predicted octanol–water partition coefficient (Wildman–Crippen LogP) is 0.749. The summed E-state index contributed by atoms with van der Waals surface area (Å²) in [5.41, 5.74) is 9.68. The Kier molecular flexibility index (Phi) is 2.39. The molecule has 76 valence electrons. The molecule has 2 heterocycles. The Bertz CT molecular complexity index is 364. The number of nitrogen functional groups attached to an aromatic ring is 1. The molecular formula is C10H14N2O2. The Morgan fingerprint density at radius 1 is 1.43 bits per heavy atom. The molecule has 1 aliphatic rings. The highest BCUT2D eigenvalue weighted by Gasteiger charge is 2.21. The van der Waals surface area contributed by atoms with E-state index >= 15 is 0 Å². The molecule has 2 rings (SSSR count). The topological polar surface area (TPSA) is 68.4 Å². The van der Waals surface area contributed by atoms with Gasteiger partial charge in [-0.3, -0.25) is 0 Å². The molecule has 0 spiro atoms. The van der Waals surface area contributed by atoms with Crippen molar-refractivity contribution >= 4 is 5.82 Å². The number of nitrogens with zero attached hydrogens (tertiary/aromatic N) is 1. The van der Waals surface area contributed by atoms with E-state index in [2.05, 4.69) is 4.98 Å². The van der Waals surface area contributed by atoms with Crippen LogP contribution >= 0.6 is 0 Å². The minimum Gasteiger partial charge on any atom is -0.390 e. The minimum absolute atomic E-state index is 0.0549. The lowest BCUT2D eigenvalue weighted by Gasteiger charge is -2.11. The highest BCUT2D eigenvalue weighted by atomic mass is 16.5. The smallest absolute Gasteiger partial charge is 0.129 e. The first-order chi connectivity index (χ1) is 6.77. The van der Waals surface area contributed by atoms with Crippen molar-refractivity contribution in [3.05, 3.63) is 22.4 Å². The Morgan fingerprint density at radius 2 is 2.14 bits per heavy atom. The number of aliphatic hydroxyl groups excluding tert-OH is 1. The largest absolute Gasteiger partial charge is 0.390 e. The number of pyridine rings is 1. The van der Waals surface area contributed by atoms with Crippen molar-refractivity contribution in [3.8, 4) is 0 Å². The average Bonchev–Trinajstić information content (AvgIpc) is 2.66. The number of ether oxygens (including phenoxy) is 1. The van der Waals surface area contributed by atoms with E-state index in [0.29, 0.717) is 24.7 Å². The van der Waals surface area contributed by atoms with Gasteiger partial charge in [-0.05, 0) is 17.5 Å². The fraction of sp³-hybridized carbons (Fsp3) is 0.500. The van der Waals surface area contributed by atoms with Crippen LogP contribution < -0.4 is 5.73 Å². The maximum atomic E-state index is 9.15. The molecule has 0 aliphatic carbocycles. The van der Waals surface area contributed by atoms with Gasteiger partial charge in [-0.1, -0.05) is 6.92 Å². The van der Waals surface area contributed by atoms with Crippen LogP contribution in [0, 0.1) is 0 Å². The second-order valence-electron chi connectivity index (χ2n) is 3.38. The third-order valence-corrected chi connectivity index (χ3v) is 2.64. The summed E-state index contributed by atoms with van der Waals surface area (Å²) in [6.07, 6.45) is 0.856. The van der Waals surface area contributed by atoms with E-state index in [4.69, 9.17) is 15.6 Å². The van der Waals surface area contributed by atoms with E-state index < -0.39 is 0 Å². The lowest BCUT2D eigenvalue weighted by molar-refractivity contribution is 0.134. The van der Waals surface area contributed by atoms with Crippen LogP contribution in [-0.4, -0.2) is 10.1 Å². The van der Waals surface area contributed by atoms with Crippen LogP contribution in [0.1, 0.15) is 29.3 Å². The second-order valence-corrected chi connectivity index (χ2v) is 3.38. The summed E-state index contributed by atoms with van der Waals surface area (Å²) in [5, 5.41) is 9.15. The number of hydrogen-bond acceptors (Lipinski definition) is 4. The third-order valence-electron chi connectivity index (χ3n) is 2.64. The molecule has 0 saturated heterocycles. The Labute approximate surface area is 82.7 Å². The van der Waals surface area contributed by atoms with Gasteiger partial charge in [0.2, 0.25) is 0 Å². The highest BCUT2D eigenvalue weighted by molar-refractivity contribution is 5.51. The van der Waals surface area contributed by atoms with Crippen molar-refractivity contribution in [3.63, 3.8) is 0 Å². The van der Waals surface area contributed by atoms with Gasteiger partial charge in [0, 0.05) is 5.56 Å². The molecular weight excluding hydrogens is 180 g/mol. The van der Waals surface area contributed by atoms with E-state index in [0.717, 1.165) is 23.1 Å². The summed E-state index contributed by atoms with van der Waals surface area (Å²) >= 11 is 0. The molecule has 1 aliphatic heterocycles. The Balaban J connectivity index is 2.62. The molecule has 14 heavy (non-hydrogen) atoms. The van der Waals surface area contributed by atoms with Crippen LogP contribution in [0.2, 0.25) is 0 Å². The summed E-state index contributed by atoms with van der Waals surface area (Å²) in [6.45, 7) is 3.14. The first kappa shape index (κ1) is 9.43. The number of nitrogens with two attached hydrogens (primary N) is 1. The van der Waals surface area contributed by atoms with Gasteiger partial charge in [-0.15, -0.1) is 0 Å². The molecule has 0 bridgehead atoms. The van der Waals surface area contributed by atoms with Crippen LogP contribution in [0.4, 0.5) is 5.82 Å². The number of hydrogen-bond donors (Lipinski definition) is 2. The quantitative estimate of drug-likeness (QED) is 0.729. The number of anilines is 1. The zero-order valence-corrected chi connectivity index (χ0v) is 8.21. The normalized spacial score (nSPS) is 14.4. The first-order valence-corrected chi connectivity index (χ1v) is 4.75. The van der Waals surface area contributed by atoms with Gasteiger partial charge in [0.05, 0.1) is 25.5 Å². The first-order valence-electron chi connectivity index (χ1n) is 4.75. The molecule has 3 N–H and O–H groups in total. The SMILES string of the molecule is CCc1c(CO)nc(N)c2c1COC2. The summed E-state index contributed by atoms with van der Waals surface area (Å²) in [4.78, 5) is 4.18. The van der Waals surface area contributed by atoms with Gasteiger partial charge in [0.15, 0.2) is 0 Å². The van der Waals surface area contributed by atoms with E-state index in [1.54, 1.807) is 0 Å². The zero-order chi connectivity index (χ0) is 10.1. The predicted molar refractivity (Wildman–Crippen MR) is 52.4 cm³/mol. The van der Waals surface area contributed by atoms with Gasteiger partial charge in [0.25, 0.3) is 0 Å². The lowest BCUT2D eigenvalue weighted by Crippen LogP contribution is -2.07. The van der Waals surface area contributed by atoms with Gasteiger partial charge in [-0.25, -0.2) is 4.98 Å². The van der Waals surface area contributed by atoms with Crippen molar-refractivity contribution in [2.24, 2.45) is 0 Å². The molecule has 1 aromatic rings. The number of rotatable bonds is 2. The van der Waals surface area contributed by atoms with Gasteiger partial charge >= 0.3 is 0 Å². The van der Waals surface area contributed by atoms with Crippen molar-refractivity contribution in [1.29, 1.82) is 0 Å². The number of aliphatic hydroxyl groups is 1. The van der Waals surface area contributed by atoms with E-state index in [9.17, 15) is 0 Å². The van der Waals surface area contributed by atoms with Crippen LogP contribution in [0.25, 0.3) is 0 Å². The van der Waals surface area contributed by atoms with Crippen LogP contribution in [0.3, 0.4) is 0 Å². The van der Waals surface area contributed by atoms with Crippen molar-refractivity contribution in [1.82, 2.24) is 4.98 Å². The molecule has 1 aromatic heterocycles. The average molecular weight is 194 g/mol. The summed E-state index contributed by atoms with van der Waals surface area (Å²) in [5.74, 6) is 0.499. The molecule has 0 saturated carbocycles. The standard InChI is InChI=1S/C10H14N2O2/c1-2-6-7-4-14-5-8(7)10(11)12-9(6)3-13/h13H,2-5H2,1H3,(H2,11,12). The number of fused-ring (bicyclic) bond motifs is 1. The third kappa shape index (κ3) is 1.27. The summed E-state index contributed by atoms with van der Waals surface area (Å²) < 4.78 is 5.34. The van der Waals surface area contributed by atoms with Gasteiger partial charge in [0.1, 0.15) is 5.82 Å². The fourth-order valence-electron chi connectivity index (χ4n) is 1.93. The van der Waals surface area contributed by atoms with E-state index in [1.807, 2.05) is 6.92 Å². The fourth-order valence-corrected chi connectivity index (χ4v) is 1.93. The molecule has 0 unspecified atom stereocenters. The van der Waals surface area contributed by atoms with Crippen LogP contribution in [0.5, 0.6) is 0 Å². The molecule has 0 radical (unpaired) electrons. The van der Waals surface area contributed by atoms with Crippen molar-refractivity contribution in [2.45, 2.75) is 33.2 Å². The van der Waals surface area contributed by atoms with Crippen molar-refractivity contribution < 1.29 is 9.84 Å². The van der Waals surface area contributed by atoms with Crippen LogP contribution in [-0.2, 0) is 31.0 Å². The van der Waals surface area contributed by atoms with Crippen LogP contribution in [0.15, 0.2) is 0 Å². The summed E-state index contributed by atoms with van der Waals surface area (Å²) in [7, 11) is 0. The molecule has 0 amide bonds. The maximum Gasteiger partial charge on any atom is 0.129 e. The monoisotopic (exact) mass is 194 g/mol. The highest BCUT2D eigenvalue weighted by Crippen LogP contribution is 2.29. The molecule has 0 aromatic carbocycles. The Morgan fingerprint density at radius 3 is 2.79 bits per heavy atom. The molecule has 4 heteroatoms. The second kappa shape index (κ2) is 3.55. The minimum atomic E-state index is -0.0549. The lowest BCUT2D eigenvalue weighted by atomic mass is 10.0. The number of aromatic nitrogens is 1.